The molecule has 0 bridgehead atoms. The molecule has 0 saturated heterocycles. The van der Waals surface area contributed by atoms with Crippen LogP contribution in [-0.2, 0) is 13.6 Å². The molecule has 3 rings (SSSR count). The van der Waals surface area contributed by atoms with Crippen LogP contribution < -0.4 is 16.2 Å². The smallest absolute Gasteiger partial charge is 0.255 e. The molecule has 1 aromatic carbocycles. The lowest BCUT2D eigenvalue weighted by Crippen LogP contribution is -2.25. The van der Waals surface area contributed by atoms with E-state index in [1.165, 1.54) is 10.6 Å². The number of benzene rings is 1. The zero-order chi connectivity index (χ0) is 16.0. The highest BCUT2D eigenvalue weighted by Gasteiger charge is 2.28. The number of anilines is 2. The fourth-order valence-corrected chi connectivity index (χ4v) is 2.70. The standard InChI is InChI=1S/C16H16FN3O2/c1-8-4-5-11(10(17)6-8)19-14-9(2)16(22)20(3)12-7-18-15(21)13(12)14/h4-6,19H,7H2,1-3H3,(H,18,21). The first-order valence-corrected chi connectivity index (χ1v) is 6.94. The molecule has 6 heteroatoms. The number of fused-ring (bicyclic) bond motifs is 1. The second-order valence-corrected chi connectivity index (χ2v) is 5.48. The Hall–Kier alpha value is -2.63. The summed E-state index contributed by atoms with van der Waals surface area (Å²) in [6, 6.07) is 4.77. The summed E-state index contributed by atoms with van der Waals surface area (Å²) in [6.07, 6.45) is 0. The Bertz CT molecular complexity index is 855. The molecule has 1 aromatic heterocycles. The summed E-state index contributed by atoms with van der Waals surface area (Å²) in [5.74, 6) is -0.684. The van der Waals surface area contributed by atoms with Crippen molar-refractivity contribution < 1.29 is 9.18 Å². The Balaban J connectivity index is 2.19. The monoisotopic (exact) mass is 301 g/mol. The minimum atomic E-state index is -0.424. The van der Waals surface area contributed by atoms with Crippen molar-refractivity contribution in [2.45, 2.75) is 20.4 Å². The maximum atomic E-state index is 14.1. The maximum Gasteiger partial charge on any atom is 0.255 e. The van der Waals surface area contributed by atoms with Crippen molar-refractivity contribution in [3.05, 3.63) is 56.8 Å². The van der Waals surface area contributed by atoms with Crippen molar-refractivity contribution in [2.75, 3.05) is 5.32 Å². The van der Waals surface area contributed by atoms with Gasteiger partial charge in [-0.15, -0.1) is 0 Å². The van der Waals surface area contributed by atoms with Crippen LogP contribution >= 0.6 is 0 Å². The van der Waals surface area contributed by atoms with E-state index in [9.17, 15) is 14.0 Å². The van der Waals surface area contributed by atoms with Gasteiger partial charge in [-0.25, -0.2) is 4.39 Å². The van der Waals surface area contributed by atoms with Crippen LogP contribution in [0.15, 0.2) is 23.0 Å². The first-order chi connectivity index (χ1) is 10.4. The summed E-state index contributed by atoms with van der Waals surface area (Å²) >= 11 is 0. The second-order valence-electron chi connectivity index (χ2n) is 5.48. The highest BCUT2D eigenvalue weighted by molar-refractivity contribution is 6.04. The molecule has 2 N–H and O–H groups in total. The zero-order valence-corrected chi connectivity index (χ0v) is 12.6. The Labute approximate surface area is 126 Å². The molecular formula is C16H16FN3O2. The normalized spacial score (nSPS) is 13.0. The number of aromatic nitrogens is 1. The number of aryl methyl sites for hydroxylation is 1. The number of amides is 1. The van der Waals surface area contributed by atoms with E-state index in [0.717, 1.165) is 5.56 Å². The largest absolute Gasteiger partial charge is 0.352 e. The maximum absolute atomic E-state index is 14.1. The van der Waals surface area contributed by atoms with E-state index in [2.05, 4.69) is 10.6 Å². The predicted octanol–water partition coefficient (Wildman–Crippen LogP) is 2.13. The van der Waals surface area contributed by atoms with E-state index < -0.39 is 5.82 Å². The molecule has 5 nitrogen and oxygen atoms in total. The summed E-state index contributed by atoms with van der Waals surface area (Å²) < 4.78 is 15.5. The van der Waals surface area contributed by atoms with Crippen molar-refractivity contribution >= 4 is 17.3 Å². The molecule has 2 heterocycles. The quantitative estimate of drug-likeness (QED) is 0.893. The highest BCUT2D eigenvalue weighted by atomic mass is 19.1. The Morgan fingerprint density at radius 2 is 2.00 bits per heavy atom. The van der Waals surface area contributed by atoms with Crippen LogP contribution in [0.5, 0.6) is 0 Å². The van der Waals surface area contributed by atoms with Crippen LogP contribution in [0.4, 0.5) is 15.8 Å². The lowest BCUT2D eigenvalue weighted by atomic mass is 10.1. The molecule has 0 unspecified atom stereocenters. The third-order valence-electron chi connectivity index (χ3n) is 3.97. The number of hydrogen-bond donors (Lipinski definition) is 2. The molecule has 1 aliphatic rings. The summed E-state index contributed by atoms with van der Waals surface area (Å²) in [7, 11) is 1.63. The van der Waals surface area contributed by atoms with Gasteiger partial charge in [-0.1, -0.05) is 6.07 Å². The number of nitrogens with zero attached hydrogens (tertiary/aromatic N) is 1. The lowest BCUT2D eigenvalue weighted by molar-refractivity contribution is 0.0966. The van der Waals surface area contributed by atoms with Crippen molar-refractivity contribution in [2.24, 2.45) is 7.05 Å². The van der Waals surface area contributed by atoms with Crippen molar-refractivity contribution in [3.8, 4) is 0 Å². The fourth-order valence-electron chi connectivity index (χ4n) is 2.70. The van der Waals surface area contributed by atoms with Gasteiger partial charge in [0.25, 0.3) is 11.5 Å². The van der Waals surface area contributed by atoms with Crippen LogP contribution in [0.3, 0.4) is 0 Å². The number of nitrogens with one attached hydrogen (secondary N) is 2. The van der Waals surface area contributed by atoms with Gasteiger partial charge >= 0.3 is 0 Å². The second kappa shape index (κ2) is 4.98. The Morgan fingerprint density at radius 1 is 1.27 bits per heavy atom. The van der Waals surface area contributed by atoms with Crippen LogP contribution in [-0.4, -0.2) is 10.5 Å². The van der Waals surface area contributed by atoms with Gasteiger partial charge in [0.1, 0.15) is 5.82 Å². The minimum Gasteiger partial charge on any atom is -0.352 e. The molecule has 1 amide bonds. The number of pyridine rings is 1. The lowest BCUT2D eigenvalue weighted by Gasteiger charge is -2.16. The van der Waals surface area contributed by atoms with Crippen LogP contribution in [0, 0.1) is 19.7 Å². The number of rotatable bonds is 2. The summed E-state index contributed by atoms with van der Waals surface area (Å²) in [5, 5.41) is 5.62. The van der Waals surface area contributed by atoms with E-state index >= 15 is 0 Å². The number of hydrogen-bond acceptors (Lipinski definition) is 3. The molecule has 0 saturated carbocycles. The highest BCUT2D eigenvalue weighted by Crippen LogP contribution is 2.29. The summed E-state index contributed by atoms with van der Waals surface area (Å²) in [5.41, 5.74) is 2.60. The average Bonchev–Trinajstić information content (AvgIpc) is 2.85. The zero-order valence-electron chi connectivity index (χ0n) is 12.6. The number of halogens is 1. The molecule has 0 radical (unpaired) electrons. The molecule has 1 aliphatic heterocycles. The van der Waals surface area contributed by atoms with Gasteiger partial charge in [0, 0.05) is 12.6 Å². The Kier molecular flexibility index (Phi) is 3.24. The third-order valence-corrected chi connectivity index (χ3v) is 3.97. The van der Waals surface area contributed by atoms with Gasteiger partial charge < -0.3 is 15.2 Å². The SMILES string of the molecule is Cc1ccc(Nc2c3c(n(C)c(=O)c2C)CNC3=O)c(F)c1. The first-order valence-electron chi connectivity index (χ1n) is 6.94. The van der Waals surface area contributed by atoms with Crippen LogP contribution in [0.2, 0.25) is 0 Å². The predicted molar refractivity (Wildman–Crippen MR) is 82.0 cm³/mol. The van der Waals surface area contributed by atoms with Gasteiger partial charge in [0.05, 0.1) is 29.2 Å². The van der Waals surface area contributed by atoms with E-state index in [1.807, 2.05) is 0 Å². The first kappa shape index (κ1) is 14.3. The summed E-state index contributed by atoms with van der Waals surface area (Å²) in [4.78, 5) is 24.3. The Morgan fingerprint density at radius 3 is 2.68 bits per heavy atom. The molecule has 114 valence electrons. The van der Waals surface area contributed by atoms with Crippen molar-refractivity contribution in [1.82, 2.24) is 9.88 Å². The van der Waals surface area contributed by atoms with E-state index in [-0.39, 0.29) is 17.2 Å². The van der Waals surface area contributed by atoms with Gasteiger partial charge in [0.15, 0.2) is 0 Å². The van der Waals surface area contributed by atoms with Gasteiger partial charge in [-0.05, 0) is 31.5 Å². The van der Waals surface area contributed by atoms with Crippen LogP contribution in [0.1, 0.15) is 27.2 Å². The van der Waals surface area contributed by atoms with Gasteiger partial charge in [0.2, 0.25) is 0 Å². The fraction of sp³-hybridized carbons (Fsp3) is 0.250. The molecular weight excluding hydrogens is 285 g/mol. The van der Waals surface area contributed by atoms with Gasteiger partial charge in [-0.3, -0.25) is 9.59 Å². The van der Waals surface area contributed by atoms with Crippen molar-refractivity contribution in [3.63, 3.8) is 0 Å². The average molecular weight is 301 g/mol. The molecule has 0 aliphatic carbocycles. The van der Waals surface area contributed by atoms with Gasteiger partial charge in [-0.2, -0.15) is 0 Å². The van der Waals surface area contributed by atoms with Crippen LogP contribution in [0.25, 0.3) is 0 Å². The van der Waals surface area contributed by atoms with Crippen molar-refractivity contribution in [1.29, 1.82) is 0 Å². The number of carbonyl (C=O) groups excluding carboxylic acids is 1. The topological polar surface area (TPSA) is 63.1 Å². The van der Waals surface area contributed by atoms with E-state index in [4.69, 9.17) is 0 Å². The molecule has 0 atom stereocenters. The molecule has 2 aromatic rings. The van der Waals surface area contributed by atoms with E-state index in [0.29, 0.717) is 29.1 Å². The molecule has 22 heavy (non-hydrogen) atoms. The van der Waals surface area contributed by atoms with E-state index in [1.54, 1.807) is 33.0 Å². The number of carbonyl (C=O) groups is 1. The third kappa shape index (κ3) is 2.07. The minimum absolute atomic E-state index is 0.203. The molecule has 0 spiro atoms. The summed E-state index contributed by atoms with van der Waals surface area (Å²) in [6.45, 7) is 3.72. The molecule has 0 fully saturated rings.